The van der Waals surface area contributed by atoms with Gasteiger partial charge in [0.2, 0.25) is 0 Å². The number of phosphoric acid groups is 1. The van der Waals surface area contributed by atoms with Gasteiger partial charge in [0.05, 0.1) is 19.3 Å². The van der Waals surface area contributed by atoms with Crippen molar-refractivity contribution in [2.24, 2.45) is 0 Å². The number of benzene rings is 1. The van der Waals surface area contributed by atoms with Gasteiger partial charge in [-0.05, 0) is 66.1 Å². The van der Waals surface area contributed by atoms with Crippen LogP contribution in [0.5, 0.6) is 0 Å². The van der Waals surface area contributed by atoms with E-state index in [-0.39, 0.29) is 29.1 Å². The van der Waals surface area contributed by atoms with Crippen molar-refractivity contribution in [3.63, 3.8) is 0 Å². The molecule has 46 heavy (non-hydrogen) atoms. The highest BCUT2D eigenvalue weighted by Gasteiger charge is 2.55. The maximum atomic E-state index is 13.9. The summed E-state index contributed by atoms with van der Waals surface area (Å²) >= 11 is 12.4. The SMILES string of the molecule is CC(C)(C)[Si](C)(C)O[C@H]1[C@H](O[Si](C)(C)C(C)(C)C)[C@@H](CO[P@]2(=O)OCC[C@H](c3cc(Cl)cc(Cl)c3)O2)O[C@H]1n1ccc(N)nc1=O. The lowest BCUT2D eigenvalue weighted by Crippen LogP contribution is -2.54. The predicted octanol–water partition coefficient (Wildman–Crippen LogP) is 8.11. The molecular formula is C30H48Cl2N3O8PSi2. The quantitative estimate of drug-likeness (QED) is 0.199. The largest absolute Gasteiger partial charge is 0.475 e. The number of ether oxygens (including phenoxy) is 1. The normalized spacial score (nSPS) is 28.0. The van der Waals surface area contributed by atoms with Crippen molar-refractivity contribution < 1.29 is 31.7 Å². The lowest BCUT2D eigenvalue weighted by atomic mass is 10.1. The average molecular weight is 737 g/mol. The number of phosphoric ester groups is 1. The molecule has 0 unspecified atom stereocenters. The smallest absolute Gasteiger partial charge is 0.408 e. The second-order valence-corrected chi connectivity index (χ2v) is 27.0. The van der Waals surface area contributed by atoms with Crippen molar-refractivity contribution in [3.05, 3.63) is 56.6 Å². The zero-order chi connectivity index (χ0) is 34.5. The van der Waals surface area contributed by atoms with Crippen LogP contribution in [0.2, 0.25) is 46.3 Å². The minimum atomic E-state index is -4.06. The number of aromatic nitrogens is 2. The monoisotopic (exact) mass is 735 g/mol. The van der Waals surface area contributed by atoms with E-state index in [0.29, 0.717) is 22.0 Å². The number of anilines is 1. The summed E-state index contributed by atoms with van der Waals surface area (Å²) in [5, 5.41) is 0.546. The second-order valence-electron chi connectivity index (χ2n) is 15.0. The van der Waals surface area contributed by atoms with E-state index in [1.54, 1.807) is 24.4 Å². The minimum Gasteiger partial charge on any atom is -0.408 e. The van der Waals surface area contributed by atoms with Crippen LogP contribution in [0.4, 0.5) is 5.82 Å². The number of nitrogens with zero attached hydrogens (tertiary/aromatic N) is 2. The summed E-state index contributed by atoms with van der Waals surface area (Å²) in [6, 6.07) is 6.57. The number of rotatable bonds is 9. The molecular weight excluding hydrogens is 688 g/mol. The van der Waals surface area contributed by atoms with E-state index >= 15 is 0 Å². The van der Waals surface area contributed by atoms with E-state index < -0.39 is 60.8 Å². The summed E-state index contributed by atoms with van der Waals surface area (Å²) < 4.78 is 53.3. The van der Waals surface area contributed by atoms with Crippen molar-refractivity contribution in [1.82, 2.24) is 9.55 Å². The first-order chi connectivity index (χ1) is 21.0. The van der Waals surface area contributed by atoms with Crippen LogP contribution < -0.4 is 11.4 Å². The van der Waals surface area contributed by atoms with Crippen LogP contribution in [-0.4, -0.2) is 57.7 Å². The Morgan fingerprint density at radius 1 is 1.00 bits per heavy atom. The first-order valence-corrected chi connectivity index (χ1v) is 23.4. The molecule has 0 radical (unpaired) electrons. The molecule has 0 amide bonds. The Hall–Kier alpha value is -1.10. The van der Waals surface area contributed by atoms with Gasteiger partial charge in [0, 0.05) is 22.7 Å². The Morgan fingerprint density at radius 2 is 1.57 bits per heavy atom. The molecule has 0 aliphatic carbocycles. The van der Waals surface area contributed by atoms with Gasteiger partial charge in [0.25, 0.3) is 0 Å². The summed E-state index contributed by atoms with van der Waals surface area (Å²) in [6.45, 7) is 21.3. The molecule has 6 atom stereocenters. The van der Waals surface area contributed by atoms with Crippen LogP contribution in [0.3, 0.4) is 0 Å². The highest BCUT2D eigenvalue weighted by atomic mass is 35.5. The molecule has 0 saturated carbocycles. The first kappa shape index (κ1) is 37.7. The number of nitrogen functional groups attached to an aromatic ring is 1. The highest BCUT2D eigenvalue weighted by Crippen LogP contribution is 2.58. The standard InChI is InChI=1S/C30H48Cl2N3O8PSi2/c1-29(2,3)45(7,8)42-25-23(18-39-44(37)38-14-12-22(41-44)19-15-20(31)17-21(32)16-19)40-27(35-13-11-24(33)34-28(35)36)26(25)43-46(9,10)30(4,5)6/h11,13,15-17,22-23,25-27H,12,14,18H2,1-10H3,(H2,33,34,36)/t22-,23-,25-,26+,27-,44+/m1/s1. The van der Waals surface area contributed by atoms with Crippen molar-refractivity contribution >= 4 is 53.5 Å². The lowest BCUT2D eigenvalue weighted by molar-refractivity contribution is -0.0592. The zero-order valence-corrected chi connectivity index (χ0v) is 32.7. The molecule has 2 saturated heterocycles. The Kier molecular flexibility index (Phi) is 11.2. The van der Waals surface area contributed by atoms with E-state index in [4.69, 9.17) is 56.1 Å². The van der Waals surface area contributed by atoms with Gasteiger partial charge in [-0.3, -0.25) is 18.1 Å². The fourth-order valence-electron chi connectivity index (χ4n) is 4.72. The van der Waals surface area contributed by atoms with E-state index in [9.17, 15) is 9.36 Å². The molecule has 0 bridgehead atoms. The van der Waals surface area contributed by atoms with Crippen LogP contribution in [0.25, 0.3) is 0 Å². The van der Waals surface area contributed by atoms with Gasteiger partial charge < -0.3 is 19.3 Å². The molecule has 1 aromatic carbocycles. The van der Waals surface area contributed by atoms with Gasteiger partial charge in [-0.15, -0.1) is 0 Å². The van der Waals surface area contributed by atoms with Crippen LogP contribution >= 0.6 is 31.0 Å². The van der Waals surface area contributed by atoms with Crippen LogP contribution in [0.15, 0.2) is 35.3 Å². The van der Waals surface area contributed by atoms with Crippen molar-refractivity contribution in [3.8, 4) is 0 Å². The fourth-order valence-corrected chi connectivity index (χ4v) is 9.26. The fraction of sp³-hybridized carbons (Fsp3) is 0.667. The molecule has 258 valence electrons. The Morgan fingerprint density at radius 3 is 2.11 bits per heavy atom. The van der Waals surface area contributed by atoms with Gasteiger partial charge in [-0.2, -0.15) is 4.98 Å². The number of hydrogen-bond donors (Lipinski definition) is 1. The molecule has 16 heteroatoms. The summed E-state index contributed by atoms with van der Waals surface area (Å²) in [5.41, 5.74) is 5.90. The third-order valence-electron chi connectivity index (χ3n) is 9.42. The van der Waals surface area contributed by atoms with E-state index in [2.05, 4.69) is 72.7 Å². The molecule has 2 aliphatic rings. The lowest BCUT2D eigenvalue weighted by Gasteiger charge is -2.44. The van der Waals surface area contributed by atoms with Gasteiger partial charge in [0.15, 0.2) is 22.9 Å². The first-order valence-electron chi connectivity index (χ1n) is 15.4. The third-order valence-corrected chi connectivity index (χ3v) is 20.3. The summed E-state index contributed by atoms with van der Waals surface area (Å²) in [7, 11) is -8.99. The topological polar surface area (TPSA) is 133 Å². The van der Waals surface area contributed by atoms with Crippen molar-refractivity contribution in [1.29, 1.82) is 0 Å². The van der Waals surface area contributed by atoms with Crippen molar-refractivity contribution in [2.45, 2.75) is 115 Å². The molecule has 0 spiro atoms. The molecule has 2 fully saturated rings. The predicted molar refractivity (Wildman–Crippen MR) is 185 cm³/mol. The number of nitrogens with two attached hydrogens (primary N) is 1. The van der Waals surface area contributed by atoms with Gasteiger partial charge in [-0.1, -0.05) is 64.7 Å². The Bertz CT molecular complexity index is 1490. The molecule has 2 N–H and O–H groups in total. The third kappa shape index (κ3) is 8.54. The van der Waals surface area contributed by atoms with Crippen LogP contribution in [0, 0.1) is 0 Å². The Labute approximate surface area is 284 Å². The molecule has 3 heterocycles. The second kappa shape index (κ2) is 13.7. The van der Waals surface area contributed by atoms with Gasteiger partial charge >= 0.3 is 13.5 Å². The summed E-state index contributed by atoms with van der Waals surface area (Å²) in [4.78, 5) is 17.1. The molecule has 11 nitrogen and oxygen atoms in total. The van der Waals surface area contributed by atoms with E-state index in [1.807, 2.05) is 0 Å². The minimum absolute atomic E-state index is 0.0929. The van der Waals surface area contributed by atoms with Crippen molar-refractivity contribution in [2.75, 3.05) is 18.9 Å². The number of halogens is 2. The summed E-state index contributed by atoms with van der Waals surface area (Å²) in [6.07, 6.45) is -1.78. The highest BCUT2D eigenvalue weighted by molar-refractivity contribution is 7.48. The zero-order valence-electron chi connectivity index (χ0n) is 28.3. The van der Waals surface area contributed by atoms with E-state index in [0.717, 1.165) is 0 Å². The molecule has 4 rings (SSSR count). The number of hydrogen-bond acceptors (Lipinski definition) is 10. The molecule has 1 aromatic heterocycles. The Balaban J connectivity index is 1.70. The summed E-state index contributed by atoms with van der Waals surface area (Å²) in [5.74, 6) is 0.0929. The van der Waals surface area contributed by atoms with Crippen LogP contribution in [-0.2, 0) is 31.7 Å². The maximum absolute atomic E-state index is 13.9. The van der Waals surface area contributed by atoms with Crippen LogP contribution in [0.1, 0.15) is 65.9 Å². The molecule has 2 aromatic rings. The van der Waals surface area contributed by atoms with Gasteiger partial charge in [-0.25, -0.2) is 9.36 Å². The average Bonchev–Trinajstić information content (AvgIpc) is 3.21. The van der Waals surface area contributed by atoms with Gasteiger partial charge in [0.1, 0.15) is 24.1 Å². The van der Waals surface area contributed by atoms with E-state index in [1.165, 1.54) is 10.6 Å². The molecule has 2 aliphatic heterocycles. The maximum Gasteiger partial charge on any atom is 0.475 e.